The first-order valence-corrected chi connectivity index (χ1v) is 10.9. The molecule has 1 N–H and O–H groups in total. The van der Waals surface area contributed by atoms with E-state index in [1.165, 1.54) is 16.9 Å². The maximum Gasteiger partial charge on any atom is 0.230 e. The average Bonchev–Trinajstić information content (AvgIpc) is 3.36. The molecule has 1 aromatic carbocycles. The number of anilines is 1. The van der Waals surface area contributed by atoms with Gasteiger partial charge in [0, 0.05) is 22.3 Å². The van der Waals surface area contributed by atoms with Gasteiger partial charge in [-0.15, -0.1) is 11.3 Å². The smallest absolute Gasteiger partial charge is 0.230 e. The Morgan fingerprint density at radius 3 is 2.45 bits per heavy atom. The topological polar surface area (TPSA) is 82.1 Å². The minimum Gasteiger partial charge on any atom is -0.550 e. The number of hydrogen-bond acceptors (Lipinski definition) is 5. The molecule has 0 saturated heterocycles. The summed E-state index contributed by atoms with van der Waals surface area (Å²) in [6.07, 6.45) is 5.62. The van der Waals surface area contributed by atoms with Crippen LogP contribution in [-0.2, 0) is 16.0 Å². The second-order valence-electron chi connectivity index (χ2n) is 8.53. The van der Waals surface area contributed by atoms with Crippen molar-refractivity contribution in [2.24, 2.45) is 29.6 Å². The number of nitrogens with zero attached hydrogens (tertiary/aromatic N) is 1. The number of benzene rings is 1. The summed E-state index contributed by atoms with van der Waals surface area (Å²) in [5.74, 6) is -2.27. The van der Waals surface area contributed by atoms with Crippen LogP contribution in [0.4, 0.5) is 5.13 Å². The third-order valence-electron chi connectivity index (χ3n) is 5.93. The van der Waals surface area contributed by atoms with Crippen molar-refractivity contribution < 1.29 is 14.7 Å². The van der Waals surface area contributed by atoms with Crippen LogP contribution >= 0.6 is 11.3 Å². The molecule has 0 aliphatic heterocycles. The summed E-state index contributed by atoms with van der Waals surface area (Å²) >= 11 is 1.42. The third-order valence-corrected chi connectivity index (χ3v) is 6.82. The summed E-state index contributed by atoms with van der Waals surface area (Å²) in [4.78, 5) is 30.0. The number of amides is 1. The van der Waals surface area contributed by atoms with Crippen molar-refractivity contribution in [2.75, 3.05) is 5.32 Å². The molecule has 6 heteroatoms. The van der Waals surface area contributed by atoms with Crippen molar-refractivity contribution in [3.8, 4) is 11.3 Å². The van der Waals surface area contributed by atoms with Crippen LogP contribution in [0.2, 0.25) is 0 Å². The zero-order valence-electron chi connectivity index (χ0n) is 16.8. The number of nitrogens with one attached hydrogen (secondary N) is 1. The van der Waals surface area contributed by atoms with Crippen LogP contribution < -0.4 is 10.4 Å². The molecule has 0 unspecified atom stereocenters. The van der Waals surface area contributed by atoms with Crippen LogP contribution in [-0.4, -0.2) is 16.9 Å². The van der Waals surface area contributed by atoms with Gasteiger partial charge >= 0.3 is 0 Å². The van der Waals surface area contributed by atoms with Gasteiger partial charge in [0.15, 0.2) is 5.13 Å². The van der Waals surface area contributed by atoms with Crippen LogP contribution in [0.3, 0.4) is 0 Å². The van der Waals surface area contributed by atoms with Gasteiger partial charge < -0.3 is 15.2 Å². The van der Waals surface area contributed by atoms with Crippen LogP contribution in [0.5, 0.6) is 0 Å². The van der Waals surface area contributed by atoms with Gasteiger partial charge in [0.2, 0.25) is 5.91 Å². The highest BCUT2D eigenvalue weighted by Crippen LogP contribution is 2.48. The van der Waals surface area contributed by atoms with Crippen molar-refractivity contribution in [1.29, 1.82) is 0 Å². The zero-order valence-corrected chi connectivity index (χ0v) is 17.7. The molecule has 4 rings (SSSR count). The number of allylic oxidation sites excluding steroid dienone is 2. The molecule has 1 amide bonds. The molecule has 2 aliphatic rings. The van der Waals surface area contributed by atoms with E-state index in [4.69, 9.17) is 0 Å². The Bertz CT molecular complexity index is 961. The van der Waals surface area contributed by atoms with Gasteiger partial charge in [-0.1, -0.05) is 50.3 Å². The Labute approximate surface area is 174 Å². The average molecular weight is 410 g/mol. The van der Waals surface area contributed by atoms with E-state index in [1.807, 2.05) is 19.1 Å². The summed E-state index contributed by atoms with van der Waals surface area (Å²) in [5, 5.41) is 14.9. The Morgan fingerprint density at radius 2 is 1.83 bits per heavy atom. The summed E-state index contributed by atoms with van der Waals surface area (Å²) in [6.45, 7) is 6.38. The van der Waals surface area contributed by atoms with Crippen molar-refractivity contribution in [3.05, 3.63) is 46.9 Å². The lowest BCUT2D eigenvalue weighted by Crippen LogP contribution is -2.42. The van der Waals surface area contributed by atoms with E-state index in [2.05, 4.69) is 48.4 Å². The molecule has 152 valence electrons. The normalized spacial score (nSPS) is 25.0. The summed E-state index contributed by atoms with van der Waals surface area (Å²) in [7, 11) is 0. The highest BCUT2D eigenvalue weighted by molar-refractivity contribution is 7.16. The zero-order chi connectivity index (χ0) is 20.7. The first-order chi connectivity index (χ1) is 13.8. The fourth-order valence-corrected chi connectivity index (χ4v) is 5.52. The molecule has 4 atom stereocenters. The molecule has 29 heavy (non-hydrogen) atoms. The van der Waals surface area contributed by atoms with Crippen molar-refractivity contribution >= 4 is 28.3 Å². The predicted octanol–water partition coefficient (Wildman–Crippen LogP) is 3.44. The summed E-state index contributed by atoms with van der Waals surface area (Å²) in [6, 6.07) is 8.38. The summed E-state index contributed by atoms with van der Waals surface area (Å²) < 4.78 is 0. The second-order valence-corrected chi connectivity index (χ2v) is 9.73. The first kappa shape index (κ1) is 19.8. The molecule has 1 heterocycles. The molecule has 5 nitrogen and oxygen atoms in total. The number of aliphatic carboxylic acids is 1. The predicted molar refractivity (Wildman–Crippen MR) is 112 cm³/mol. The number of fused-ring (bicyclic) bond motifs is 2. The molecular weight excluding hydrogens is 384 g/mol. The minimum absolute atomic E-state index is 0.0306. The molecule has 2 bridgehead atoms. The lowest BCUT2D eigenvalue weighted by atomic mass is 9.82. The number of thiazole rings is 1. The van der Waals surface area contributed by atoms with E-state index in [0.717, 1.165) is 22.6 Å². The number of aromatic nitrogens is 1. The van der Waals surface area contributed by atoms with Gasteiger partial charge in [0.1, 0.15) is 0 Å². The monoisotopic (exact) mass is 409 g/mol. The molecule has 2 aliphatic carbocycles. The van der Waals surface area contributed by atoms with Gasteiger partial charge in [0.25, 0.3) is 0 Å². The van der Waals surface area contributed by atoms with E-state index in [1.54, 1.807) is 0 Å². The Kier molecular flexibility index (Phi) is 5.30. The Balaban J connectivity index is 1.50. The van der Waals surface area contributed by atoms with Crippen molar-refractivity contribution in [1.82, 2.24) is 4.98 Å². The second kappa shape index (κ2) is 7.75. The minimum atomic E-state index is -1.14. The number of aryl methyl sites for hydroxylation is 1. The SMILES string of the molecule is Cc1sc(NC(=O)[C@H]2[C@@H](C(=O)[O-])[C@H]3C=C[C@H]2C3)nc1-c1ccc(CC(C)C)cc1. The number of rotatable bonds is 6. The molecule has 0 radical (unpaired) electrons. The molecule has 2 aromatic rings. The van der Waals surface area contributed by atoms with E-state index in [-0.39, 0.29) is 17.7 Å². The Hall–Kier alpha value is -2.47. The van der Waals surface area contributed by atoms with E-state index in [0.29, 0.717) is 17.5 Å². The van der Waals surface area contributed by atoms with Crippen LogP contribution in [0.15, 0.2) is 36.4 Å². The van der Waals surface area contributed by atoms with Gasteiger partial charge in [-0.25, -0.2) is 4.98 Å². The quantitative estimate of drug-likeness (QED) is 0.741. The fraction of sp³-hybridized carbons (Fsp3) is 0.435. The van der Waals surface area contributed by atoms with E-state index < -0.39 is 17.8 Å². The number of carbonyl (C=O) groups is 2. The highest BCUT2D eigenvalue weighted by atomic mass is 32.1. The Morgan fingerprint density at radius 1 is 1.17 bits per heavy atom. The van der Waals surface area contributed by atoms with Crippen LogP contribution in [0.1, 0.15) is 30.7 Å². The molecule has 0 spiro atoms. The first-order valence-electron chi connectivity index (χ1n) is 10.1. The van der Waals surface area contributed by atoms with Gasteiger partial charge in [-0.3, -0.25) is 4.79 Å². The van der Waals surface area contributed by atoms with Gasteiger partial charge in [-0.2, -0.15) is 0 Å². The van der Waals surface area contributed by atoms with E-state index in [9.17, 15) is 14.7 Å². The maximum atomic E-state index is 12.9. The molecule has 1 aromatic heterocycles. The van der Waals surface area contributed by atoms with Crippen molar-refractivity contribution in [2.45, 2.75) is 33.6 Å². The molecule has 1 fully saturated rings. The summed E-state index contributed by atoms with van der Waals surface area (Å²) in [5.41, 5.74) is 3.16. The van der Waals surface area contributed by atoms with Gasteiger partial charge in [-0.05, 0) is 43.1 Å². The largest absolute Gasteiger partial charge is 0.550 e. The van der Waals surface area contributed by atoms with Crippen LogP contribution in [0, 0.1) is 36.5 Å². The van der Waals surface area contributed by atoms with E-state index >= 15 is 0 Å². The van der Waals surface area contributed by atoms with Gasteiger partial charge in [0.05, 0.1) is 11.6 Å². The lowest BCUT2D eigenvalue weighted by molar-refractivity contribution is -0.313. The van der Waals surface area contributed by atoms with Crippen LogP contribution in [0.25, 0.3) is 11.3 Å². The molecule has 1 saturated carbocycles. The maximum absolute atomic E-state index is 12.9. The standard InChI is InChI=1S/C23H26N2O3S/c1-12(2)10-14-4-6-15(7-5-14)20-13(3)29-23(24-20)25-21(26)18-16-8-9-17(11-16)19(18)22(27)28/h4-9,12,16-19H,10-11H2,1-3H3,(H,27,28)(H,24,25,26)/p-1/t16-,17-,18+,19-/m0/s1. The number of carboxylic acids is 1. The third kappa shape index (κ3) is 3.86. The number of carboxylic acid groups (broad SMARTS) is 1. The number of hydrogen-bond donors (Lipinski definition) is 1. The highest BCUT2D eigenvalue weighted by Gasteiger charge is 2.48. The number of carbonyl (C=O) groups excluding carboxylic acids is 2. The molecular formula is C23H25N2O3S-. The fourth-order valence-electron chi connectivity index (χ4n) is 4.68. The lowest BCUT2D eigenvalue weighted by Gasteiger charge is -2.27. The van der Waals surface area contributed by atoms with Crippen molar-refractivity contribution in [3.63, 3.8) is 0 Å².